The minimum atomic E-state index is 0.0981. The summed E-state index contributed by atoms with van der Waals surface area (Å²) >= 11 is 0. The minimum Gasteiger partial charge on any atom is -0.497 e. The number of hydrogen-bond donors (Lipinski definition) is 0. The van der Waals surface area contributed by atoms with Crippen LogP contribution in [-0.4, -0.2) is 54.9 Å². The van der Waals surface area contributed by atoms with E-state index in [4.69, 9.17) is 4.74 Å². The van der Waals surface area contributed by atoms with Gasteiger partial charge < -0.3 is 14.5 Å². The van der Waals surface area contributed by atoms with Crippen molar-refractivity contribution in [2.24, 2.45) is 0 Å². The molecule has 1 aliphatic heterocycles. The molecule has 2 aliphatic rings. The van der Waals surface area contributed by atoms with Crippen LogP contribution in [0.4, 0.5) is 0 Å². The van der Waals surface area contributed by atoms with Gasteiger partial charge in [0.25, 0.3) is 5.91 Å². The van der Waals surface area contributed by atoms with Crippen LogP contribution in [0.15, 0.2) is 42.5 Å². The van der Waals surface area contributed by atoms with Crippen molar-refractivity contribution >= 4 is 11.8 Å². The number of benzene rings is 2. The fraction of sp³-hybridized carbons (Fsp3) is 0.462. The Morgan fingerprint density at radius 3 is 2.32 bits per heavy atom. The highest BCUT2D eigenvalue weighted by Gasteiger charge is 2.23. The summed E-state index contributed by atoms with van der Waals surface area (Å²) < 4.78 is 5.19. The second-order valence-electron chi connectivity index (χ2n) is 8.57. The van der Waals surface area contributed by atoms with Crippen molar-refractivity contribution in [1.29, 1.82) is 0 Å². The van der Waals surface area contributed by atoms with Crippen molar-refractivity contribution in [1.82, 2.24) is 9.80 Å². The molecule has 164 valence electrons. The van der Waals surface area contributed by atoms with E-state index in [9.17, 15) is 9.59 Å². The number of carbonyl (C=O) groups excluding carboxylic acids is 2. The predicted molar refractivity (Wildman–Crippen MR) is 121 cm³/mol. The van der Waals surface area contributed by atoms with Gasteiger partial charge in [0.1, 0.15) is 5.75 Å². The number of amides is 2. The second-order valence-corrected chi connectivity index (χ2v) is 8.57. The van der Waals surface area contributed by atoms with Gasteiger partial charge >= 0.3 is 0 Å². The fourth-order valence-corrected chi connectivity index (χ4v) is 4.62. The molecule has 1 aliphatic carbocycles. The third kappa shape index (κ3) is 5.27. The van der Waals surface area contributed by atoms with E-state index in [1.165, 1.54) is 24.0 Å². The first kappa shape index (κ1) is 21.4. The average Bonchev–Trinajstić information content (AvgIpc) is 3.08. The zero-order valence-electron chi connectivity index (χ0n) is 18.4. The van der Waals surface area contributed by atoms with Gasteiger partial charge in [-0.25, -0.2) is 0 Å². The van der Waals surface area contributed by atoms with E-state index in [2.05, 4.69) is 12.1 Å². The molecule has 0 spiro atoms. The smallest absolute Gasteiger partial charge is 0.253 e. The number of hydrogen-bond acceptors (Lipinski definition) is 3. The molecule has 5 nitrogen and oxygen atoms in total. The zero-order valence-corrected chi connectivity index (χ0v) is 18.4. The molecule has 0 saturated carbocycles. The maximum Gasteiger partial charge on any atom is 0.253 e. The van der Waals surface area contributed by atoms with Crippen molar-refractivity contribution in [2.75, 3.05) is 33.3 Å². The van der Waals surface area contributed by atoms with Gasteiger partial charge in [0, 0.05) is 38.2 Å². The molecule has 1 heterocycles. The molecule has 5 heteroatoms. The summed E-state index contributed by atoms with van der Waals surface area (Å²) in [5, 5.41) is 0. The van der Waals surface area contributed by atoms with Gasteiger partial charge in [-0.1, -0.05) is 18.2 Å². The first-order valence-corrected chi connectivity index (χ1v) is 11.5. The summed E-state index contributed by atoms with van der Waals surface area (Å²) in [6.07, 6.45) is 6.69. The van der Waals surface area contributed by atoms with Gasteiger partial charge in [-0.05, 0) is 79.5 Å². The molecule has 1 fully saturated rings. The third-order valence-electron chi connectivity index (χ3n) is 6.52. The number of carbonyl (C=O) groups is 2. The van der Waals surface area contributed by atoms with Crippen molar-refractivity contribution in [2.45, 2.75) is 44.9 Å². The number of aryl methyl sites for hydroxylation is 3. The molecule has 0 radical (unpaired) electrons. The second kappa shape index (κ2) is 9.99. The van der Waals surface area contributed by atoms with Gasteiger partial charge in [-0.15, -0.1) is 0 Å². The Labute approximate surface area is 185 Å². The van der Waals surface area contributed by atoms with Crippen LogP contribution in [0.3, 0.4) is 0 Å². The zero-order chi connectivity index (χ0) is 21.6. The summed E-state index contributed by atoms with van der Waals surface area (Å²) in [5.41, 5.74) is 4.66. The molecule has 0 aromatic heterocycles. The Morgan fingerprint density at radius 1 is 0.839 bits per heavy atom. The number of ether oxygens (including phenoxy) is 1. The number of fused-ring (bicyclic) bond motifs is 1. The van der Waals surface area contributed by atoms with E-state index in [0.29, 0.717) is 26.1 Å². The Bertz CT molecular complexity index is 923. The van der Waals surface area contributed by atoms with E-state index in [0.717, 1.165) is 49.1 Å². The predicted octanol–water partition coefficient (Wildman–Crippen LogP) is 3.88. The molecular formula is C26H32N2O3. The fourth-order valence-electron chi connectivity index (χ4n) is 4.62. The Morgan fingerprint density at radius 2 is 1.55 bits per heavy atom. The van der Waals surface area contributed by atoms with Crippen molar-refractivity contribution in [3.05, 3.63) is 64.7 Å². The van der Waals surface area contributed by atoms with Crippen molar-refractivity contribution in [3.63, 3.8) is 0 Å². The number of rotatable bonds is 5. The van der Waals surface area contributed by atoms with E-state index >= 15 is 0 Å². The molecule has 2 amide bonds. The Kier molecular flexibility index (Phi) is 6.90. The van der Waals surface area contributed by atoms with E-state index in [-0.39, 0.29) is 11.8 Å². The number of nitrogens with zero attached hydrogens (tertiary/aromatic N) is 2. The molecule has 2 aromatic carbocycles. The van der Waals surface area contributed by atoms with Gasteiger partial charge in [0.05, 0.1) is 7.11 Å². The molecule has 0 bridgehead atoms. The SMILES string of the molecule is COc1ccc(CCC(=O)N2CCCN(C(=O)c3ccc4c(c3)CCCC4)CC2)cc1. The van der Waals surface area contributed by atoms with Gasteiger partial charge in [0.2, 0.25) is 5.91 Å². The van der Waals surface area contributed by atoms with Crippen LogP contribution in [0.2, 0.25) is 0 Å². The maximum atomic E-state index is 13.1. The topological polar surface area (TPSA) is 49.9 Å². The summed E-state index contributed by atoms with van der Waals surface area (Å²) in [5.74, 6) is 1.09. The lowest BCUT2D eigenvalue weighted by Crippen LogP contribution is -2.37. The number of methoxy groups -OCH3 is 1. The molecule has 2 aromatic rings. The standard InChI is InChI=1S/C26H32N2O3/c1-31-24-12-7-20(8-13-24)9-14-25(29)27-15-4-16-28(18-17-27)26(30)23-11-10-21-5-2-3-6-22(21)19-23/h7-8,10-13,19H,2-6,9,14-18H2,1H3. The monoisotopic (exact) mass is 420 g/mol. The van der Waals surface area contributed by atoms with Crippen LogP contribution in [0.5, 0.6) is 5.75 Å². The first-order chi connectivity index (χ1) is 15.1. The Hall–Kier alpha value is -2.82. The van der Waals surface area contributed by atoms with E-state index in [1.807, 2.05) is 40.1 Å². The summed E-state index contributed by atoms with van der Waals surface area (Å²) in [7, 11) is 1.65. The third-order valence-corrected chi connectivity index (χ3v) is 6.52. The minimum absolute atomic E-state index is 0.0981. The highest BCUT2D eigenvalue weighted by molar-refractivity contribution is 5.94. The largest absolute Gasteiger partial charge is 0.497 e. The first-order valence-electron chi connectivity index (χ1n) is 11.5. The van der Waals surface area contributed by atoms with Crippen LogP contribution in [0, 0.1) is 0 Å². The van der Waals surface area contributed by atoms with Crippen molar-refractivity contribution in [3.8, 4) is 5.75 Å². The molecule has 4 rings (SSSR count). The molecule has 31 heavy (non-hydrogen) atoms. The average molecular weight is 421 g/mol. The highest BCUT2D eigenvalue weighted by Crippen LogP contribution is 2.23. The molecule has 1 saturated heterocycles. The lowest BCUT2D eigenvalue weighted by Gasteiger charge is -2.23. The lowest BCUT2D eigenvalue weighted by molar-refractivity contribution is -0.131. The van der Waals surface area contributed by atoms with Gasteiger partial charge in [0.15, 0.2) is 0 Å². The van der Waals surface area contributed by atoms with Crippen LogP contribution in [-0.2, 0) is 24.1 Å². The molecule has 0 N–H and O–H groups in total. The Balaban J connectivity index is 1.31. The van der Waals surface area contributed by atoms with Gasteiger partial charge in [-0.2, -0.15) is 0 Å². The normalized spacial score (nSPS) is 16.4. The van der Waals surface area contributed by atoms with E-state index in [1.54, 1.807) is 7.11 Å². The van der Waals surface area contributed by atoms with Gasteiger partial charge in [-0.3, -0.25) is 9.59 Å². The van der Waals surface area contributed by atoms with E-state index < -0.39 is 0 Å². The highest BCUT2D eigenvalue weighted by atomic mass is 16.5. The summed E-state index contributed by atoms with van der Waals surface area (Å²) in [6, 6.07) is 14.1. The van der Waals surface area contributed by atoms with Crippen LogP contribution < -0.4 is 4.74 Å². The molecule has 0 atom stereocenters. The van der Waals surface area contributed by atoms with Crippen LogP contribution in [0.25, 0.3) is 0 Å². The quantitative estimate of drug-likeness (QED) is 0.738. The summed E-state index contributed by atoms with van der Waals surface area (Å²) in [6.45, 7) is 2.63. The lowest BCUT2D eigenvalue weighted by atomic mass is 9.90. The maximum absolute atomic E-state index is 13.1. The summed E-state index contributed by atoms with van der Waals surface area (Å²) in [4.78, 5) is 29.7. The molecular weight excluding hydrogens is 388 g/mol. The van der Waals surface area contributed by atoms with Crippen LogP contribution in [0.1, 0.15) is 52.7 Å². The van der Waals surface area contributed by atoms with Crippen molar-refractivity contribution < 1.29 is 14.3 Å². The van der Waals surface area contributed by atoms with Crippen LogP contribution >= 0.6 is 0 Å². The molecule has 0 unspecified atom stereocenters.